The molecule has 0 radical (unpaired) electrons. The highest BCUT2D eigenvalue weighted by atomic mass is 32.1. The van der Waals surface area contributed by atoms with Crippen molar-refractivity contribution in [2.75, 3.05) is 24.2 Å². The van der Waals surface area contributed by atoms with Gasteiger partial charge in [-0.3, -0.25) is 0 Å². The van der Waals surface area contributed by atoms with Gasteiger partial charge in [0.1, 0.15) is 0 Å². The van der Waals surface area contributed by atoms with E-state index in [0.717, 1.165) is 12.3 Å². The van der Waals surface area contributed by atoms with Crippen molar-refractivity contribution in [1.29, 1.82) is 0 Å². The van der Waals surface area contributed by atoms with E-state index >= 15 is 0 Å². The van der Waals surface area contributed by atoms with Crippen molar-refractivity contribution < 1.29 is 0 Å². The van der Waals surface area contributed by atoms with Crippen LogP contribution in [0.15, 0.2) is 30.3 Å². The van der Waals surface area contributed by atoms with Crippen molar-refractivity contribution in [2.24, 2.45) is 5.41 Å². The molecule has 0 heterocycles. The quantitative estimate of drug-likeness (QED) is 0.623. The van der Waals surface area contributed by atoms with Crippen LogP contribution in [0.1, 0.15) is 38.5 Å². The molecule has 0 N–H and O–H groups in total. The number of hydrogen-bond acceptors (Lipinski definition) is 2. The number of benzene rings is 1. The fraction of sp³-hybridized carbons (Fsp3) is 0.625. The Kier molecular flexibility index (Phi) is 4.99. The smallest absolute Gasteiger partial charge is 0.0363 e. The first-order valence-corrected chi connectivity index (χ1v) is 7.76. The van der Waals surface area contributed by atoms with E-state index < -0.39 is 0 Å². The topological polar surface area (TPSA) is 3.24 Å². The van der Waals surface area contributed by atoms with Gasteiger partial charge in [-0.05, 0) is 36.1 Å². The first-order valence-electron chi connectivity index (χ1n) is 7.13. The summed E-state index contributed by atoms with van der Waals surface area (Å²) in [6.45, 7) is 1.14. The second-order valence-electron chi connectivity index (χ2n) is 5.76. The van der Waals surface area contributed by atoms with E-state index in [-0.39, 0.29) is 0 Å². The van der Waals surface area contributed by atoms with Crippen LogP contribution in [-0.4, -0.2) is 19.3 Å². The van der Waals surface area contributed by atoms with E-state index in [4.69, 9.17) is 0 Å². The summed E-state index contributed by atoms with van der Waals surface area (Å²) < 4.78 is 0. The molecule has 0 spiro atoms. The maximum absolute atomic E-state index is 4.66. The van der Waals surface area contributed by atoms with Crippen molar-refractivity contribution in [3.63, 3.8) is 0 Å². The minimum Gasteiger partial charge on any atom is -0.374 e. The third-order valence-corrected chi connectivity index (χ3v) is 4.94. The predicted molar refractivity (Wildman–Crippen MR) is 83.7 cm³/mol. The standard InChI is InChI=1S/C16H25NS/c1-17(15-9-5-4-6-10-15)13-16(14-18)11-7-2-3-8-12-16/h4-6,9-10,18H,2-3,7-8,11-14H2,1H3. The predicted octanol–water partition coefficient (Wildman–Crippen LogP) is 4.39. The zero-order chi connectivity index (χ0) is 12.8. The lowest BCUT2D eigenvalue weighted by Crippen LogP contribution is -2.37. The van der Waals surface area contributed by atoms with Gasteiger partial charge in [-0.1, -0.05) is 43.9 Å². The summed E-state index contributed by atoms with van der Waals surface area (Å²) in [6.07, 6.45) is 8.25. The molecule has 1 saturated carbocycles. The summed E-state index contributed by atoms with van der Waals surface area (Å²) in [5.74, 6) is 1.02. The average Bonchev–Trinajstić information content (AvgIpc) is 2.66. The molecule has 1 fully saturated rings. The highest BCUT2D eigenvalue weighted by Gasteiger charge is 2.30. The fourth-order valence-corrected chi connectivity index (χ4v) is 3.54. The Labute approximate surface area is 117 Å². The largest absolute Gasteiger partial charge is 0.374 e. The minimum atomic E-state index is 0.421. The first kappa shape index (κ1) is 13.8. The second kappa shape index (κ2) is 6.51. The molecule has 1 nitrogen and oxygen atoms in total. The molecule has 0 aromatic heterocycles. The van der Waals surface area contributed by atoms with E-state index in [1.807, 2.05) is 0 Å². The molecule has 2 rings (SSSR count). The van der Waals surface area contributed by atoms with Gasteiger partial charge in [0.05, 0.1) is 0 Å². The zero-order valence-corrected chi connectivity index (χ0v) is 12.3. The minimum absolute atomic E-state index is 0.421. The fourth-order valence-electron chi connectivity index (χ4n) is 3.12. The third-order valence-electron chi connectivity index (χ3n) is 4.27. The molecule has 2 heteroatoms. The van der Waals surface area contributed by atoms with Gasteiger partial charge in [-0.2, -0.15) is 12.6 Å². The molecular weight excluding hydrogens is 238 g/mol. The van der Waals surface area contributed by atoms with Gasteiger partial charge in [0, 0.05) is 19.3 Å². The number of anilines is 1. The highest BCUT2D eigenvalue weighted by molar-refractivity contribution is 7.80. The summed E-state index contributed by atoms with van der Waals surface area (Å²) >= 11 is 4.66. The van der Waals surface area contributed by atoms with Crippen LogP contribution in [0.5, 0.6) is 0 Å². The molecule has 1 aromatic carbocycles. The first-order chi connectivity index (χ1) is 8.76. The SMILES string of the molecule is CN(CC1(CS)CCCCCC1)c1ccccc1. The number of hydrogen-bond donors (Lipinski definition) is 1. The van der Waals surface area contributed by atoms with Crippen LogP contribution in [0.25, 0.3) is 0 Å². The van der Waals surface area contributed by atoms with E-state index in [9.17, 15) is 0 Å². The van der Waals surface area contributed by atoms with Gasteiger partial charge in [0.15, 0.2) is 0 Å². The van der Waals surface area contributed by atoms with Gasteiger partial charge in [-0.25, -0.2) is 0 Å². The van der Waals surface area contributed by atoms with E-state index in [2.05, 4.69) is 54.9 Å². The molecule has 0 unspecified atom stereocenters. The maximum Gasteiger partial charge on any atom is 0.0363 e. The Morgan fingerprint density at radius 1 is 1.06 bits per heavy atom. The molecule has 1 aliphatic rings. The van der Waals surface area contributed by atoms with Crippen LogP contribution in [0.2, 0.25) is 0 Å². The van der Waals surface area contributed by atoms with Crippen LogP contribution in [-0.2, 0) is 0 Å². The number of nitrogens with zero attached hydrogens (tertiary/aromatic N) is 1. The lowest BCUT2D eigenvalue weighted by Gasteiger charge is -2.36. The van der Waals surface area contributed by atoms with Crippen LogP contribution >= 0.6 is 12.6 Å². The van der Waals surface area contributed by atoms with E-state index in [1.54, 1.807) is 0 Å². The number of para-hydroxylation sites is 1. The van der Waals surface area contributed by atoms with E-state index in [1.165, 1.54) is 44.2 Å². The number of thiol groups is 1. The van der Waals surface area contributed by atoms with Crippen molar-refractivity contribution in [3.8, 4) is 0 Å². The Morgan fingerprint density at radius 2 is 1.67 bits per heavy atom. The average molecular weight is 263 g/mol. The van der Waals surface area contributed by atoms with Gasteiger partial charge in [0.25, 0.3) is 0 Å². The molecule has 0 saturated heterocycles. The Balaban J connectivity index is 2.05. The van der Waals surface area contributed by atoms with Gasteiger partial charge in [-0.15, -0.1) is 0 Å². The molecule has 0 atom stereocenters. The highest BCUT2D eigenvalue weighted by Crippen LogP contribution is 2.37. The zero-order valence-electron chi connectivity index (χ0n) is 11.4. The molecule has 0 amide bonds. The Morgan fingerprint density at radius 3 is 2.22 bits per heavy atom. The molecule has 100 valence electrons. The Bertz CT molecular complexity index is 341. The summed E-state index contributed by atoms with van der Waals surface area (Å²) in [6, 6.07) is 10.7. The van der Waals surface area contributed by atoms with Crippen LogP contribution < -0.4 is 4.90 Å². The summed E-state index contributed by atoms with van der Waals surface area (Å²) in [5, 5.41) is 0. The lowest BCUT2D eigenvalue weighted by atomic mass is 9.81. The van der Waals surface area contributed by atoms with Crippen LogP contribution in [0.3, 0.4) is 0 Å². The second-order valence-corrected chi connectivity index (χ2v) is 6.08. The molecule has 18 heavy (non-hydrogen) atoms. The van der Waals surface area contributed by atoms with Crippen molar-refractivity contribution in [3.05, 3.63) is 30.3 Å². The van der Waals surface area contributed by atoms with Crippen molar-refractivity contribution >= 4 is 18.3 Å². The third kappa shape index (κ3) is 3.44. The van der Waals surface area contributed by atoms with Gasteiger partial charge < -0.3 is 4.90 Å². The molecule has 0 bridgehead atoms. The maximum atomic E-state index is 4.66. The summed E-state index contributed by atoms with van der Waals surface area (Å²) in [5.41, 5.74) is 1.74. The summed E-state index contributed by atoms with van der Waals surface area (Å²) in [7, 11) is 2.21. The van der Waals surface area contributed by atoms with Gasteiger partial charge in [0.2, 0.25) is 0 Å². The van der Waals surface area contributed by atoms with Crippen molar-refractivity contribution in [2.45, 2.75) is 38.5 Å². The summed E-state index contributed by atoms with van der Waals surface area (Å²) in [4.78, 5) is 2.40. The van der Waals surface area contributed by atoms with Gasteiger partial charge >= 0.3 is 0 Å². The van der Waals surface area contributed by atoms with Crippen molar-refractivity contribution in [1.82, 2.24) is 0 Å². The van der Waals surface area contributed by atoms with Crippen LogP contribution in [0, 0.1) is 5.41 Å². The Hall–Kier alpha value is -0.630. The molecule has 1 aliphatic carbocycles. The lowest BCUT2D eigenvalue weighted by molar-refractivity contribution is 0.293. The van der Waals surface area contributed by atoms with E-state index in [0.29, 0.717) is 5.41 Å². The number of rotatable bonds is 4. The van der Waals surface area contributed by atoms with Crippen LogP contribution in [0.4, 0.5) is 5.69 Å². The normalized spacial score (nSPS) is 19.2. The molecule has 1 aromatic rings. The monoisotopic (exact) mass is 263 g/mol. The molecule has 0 aliphatic heterocycles. The molecular formula is C16H25NS.